The van der Waals surface area contributed by atoms with Crippen LogP contribution in [0.1, 0.15) is 24.2 Å². The van der Waals surface area contributed by atoms with Crippen molar-refractivity contribution in [1.29, 1.82) is 0 Å². The van der Waals surface area contributed by atoms with Gasteiger partial charge in [-0.2, -0.15) is 0 Å². The first-order valence-corrected chi connectivity index (χ1v) is 6.33. The molecule has 1 aliphatic rings. The standard InChI is InChI=1S/C12H21N5O/c1-8-11(16-13)14-9(2)15-12(8)17-5-3-10(7-18)4-6-17/h10,18H,3-7,13H2,1-2H3,(H,14,15,16). The fourth-order valence-electron chi connectivity index (χ4n) is 2.39. The summed E-state index contributed by atoms with van der Waals surface area (Å²) in [6, 6.07) is 0. The molecule has 0 radical (unpaired) electrons. The number of nitrogens with zero attached hydrogens (tertiary/aromatic N) is 3. The number of nitrogens with one attached hydrogen (secondary N) is 1. The summed E-state index contributed by atoms with van der Waals surface area (Å²) in [5.41, 5.74) is 3.60. The van der Waals surface area contributed by atoms with Crippen LogP contribution in [0.3, 0.4) is 0 Å². The van der Waals surface area contributed by atoms with Gasteiger partial charge in [0.1, 0.15) is 17.5 Å². The molecule has 4 N–H and O–H groups in total. The van der Waals surface area contributed by atoms with Crippen molar-refractivity contribution in [2.75, 3.05) is 30.0 Å². The summed E-state index contributed by atoms with van der Waals surface area (Å²) in [6.07, 6.45) is 2.01. The van der Waals surface area contributed by atoms with Crippen LogP contribution in [0.5, 0.6) is 0 Å². The zero-order chi connectivity index (χ0) is 13.1. The van der Waals surface area contributed by atoms with E-state index >= 15 is 0 Å². The Morgan fingerprint density at radius 1 is 1.33 bits per heavy atom. The lowest BCUT2D eigenvalue weighted by Crippen LogP contribution is -2.36. The smallest absolute Gasteiger partial charge is 0.148 e. The third-order valence-electron chi connectivity index (χ3n) is 3.54. The van der Waals surface area contributed by atoms with Gasteiger partial charge < -0.3 is 15.4 Å². The summed E-state index contributed by atoms with van der Waals surface area (Å²) in [7, 11) is 0. The highest BCUT2D eigenvalue weighted by molar-refractivity contribution is 5.58. The van der Waals surface area contributed by atoms with Crippen molar-refractivity contribution in [3.8, 4) is 0 Å². The molecule has 1 aromatic heterocycles. The van der Waals surface area contributed by atoms with E-state index in [4.69, 9.17) is 10.9 Å². The highest BCUT2D eigenvalue weighted by atomic mass is 16.3. The zero-order valence-corrected chi connectivity index (χ0v) is 11.0. The number of hydrogen-bond acceptors (Lipinski definition) is 6. The predicted octanol–water partition coefficient (Wildman–Crippen LogP) is 0.588. The second-order valence-electron chi connectivity index (χ2n) is 4.83. The van der Waals surface area contributed by atoms with Crippen molar-refractivity contribution in [3.05, 3.63) is 11.4 Å². The molecule has 2 rings (SSSR count). The van der Waals surface area contributed by atoms with E-state index < -0.39 is 0 Å². The maximum absolute atomic E-state index is 9.16. The summed E-state index contributed by atoms with van der Waals surface area (Å²) in [5.74, 6) is 8.25. The second-order valence-corrected chi connectivity index (χ2v) is 4.83. The Morgan fingerprint density at radius 3 is 2.56 bits per heavy atom. The SMILES string of the molecule is Cc1nc(NN)c(C)c(N2CCC(CO)CC2)n1. The molecular formula is C12H21N5O. The van der Waals surface area contributed by atoms with Crippen molar-refractivity contribution in [2.24, 2.45) is 11.8 Å². The quantitative estimate of drug-likeness (QED) is 0.538. The van der Waals surface area contributed by atoms with Gasteiger partial charge in [0.25, 0.3) is 0 Å². The van der Waals surface area contributed by atoms with Crippen LogP contribution >= 0.6 is 0 Å². The van der Waals surface area contributed by atoms with E-state index in [9.17, 15) is 0 Å². The molecule has 100 valence electrons. The Labute approximate surface area is 107 Å². The number of aliphatic hydroxyl groups is 1. The number of nitrogen functional groups attached to an aromatic ring is 1. The number of aryl methyl sites for hydroxylation is 1. The van der Waals surface area contributed by atoms with Crippen molar-refractivity contribution in [2.45, 2.75) is 26.7 Å². The maximum atomic E-state index is 9.16. The van der Waals surface area contributed by atoms with Gasteiger partial charge in [0.05, 0.1) is 0 Å². The molecule has 1 aromatic rings. The van der Waals surface area contributed by atoms with E-state index in [1.54, 1.807) is 0 Å². The van der Waals surface area contributed by atoms with E-state index in [1.807, 2.05) is 13.8 Å². The van der Waals surface area contributed by atoms with E-state index in [0.29, 0.717) is 17.6 Å². The molecule has 0 bridgehead atoms. The third kappa shape index (κ3) is 2.54. The largest absolute Gasteiger partial charge is 0.396 e. The number of rotatable bonds is 3. The molecule has 1 aliphatic heterocycles. The van der Waals surface area contributed by atoms with E-state index in [0.717, 1.165) is 37.3 Å². The van der Waals surface area contributed by atoms with Crippen molar-refractivity contribution in [3.63, 3.8) is 0 Å². The summed E-state index contributed by atoms with van der Waals surface area (Å²) in [5, 5.41) is 9.16. The monoisotopic (exact) mass is 251 g/mol. The Morgan fingerprint density at radius 2 is 2.00 bits per heavy atom. The van der Waals surface area contributed by atoms with Crippen molar-refractivity contribution >= 4 is 11.6 Å². The molecule has 0 spiro atoms. The first-order chi connectivity index (χ1) is 8.65. The molecule has 2 heterocycles. The number of piperidine rings is 1. The normalized spacial score (nSPS) is 17.0. The number of aromatic nitrogens is 2. The highest BCUT2D eigenvalue weighted by Crippen LogP contribution is 2.27. The first kappa shape index (κ1) is 13.0. The molecule has 1 saturated heterocycles. The van der Waals surface area contributed by atoms with Crippen LogP contribution < -0.4 is 16.2 Å². The average molecular weight is 251 g/mol. The molecule has 1 fully saturated rings. The number of hydrogen-bond donors (Lipinski definition) is 3. The summed E-state index contributed by atoms with van der Waals surface area (Å²) in [4.78, 5) is 11.0. The Bertz CT molecular complexity index is 415. The molecule has 0 amide bonds. The number of nitrogens with two attached hydrogens (primary N) is 1. The number of anilines is 2. The van der Waals surface area contributed by atoms with Crippen LogP contribution in [0.4, 0.5) is 11.6 Å². The minimum atomic E-state index is 0.283. The van der Waals surface area contributed by atoms with Gasteiger partial charge in [-0.25, -0.2) is 15.8 Å². The van der Waals surface area contributed by atoms with Crippen LogP contribution in [0.15, 0.2) is 0 Å². The van der Waals surface area contributed by atoms with Gasteiger partial charge in [-0.3, -0.25) is 0 Å². The molecule has 0 saturated carbocycles. The minimum absolute atomic E-state index is 0.283. The summed E-state index contributed by atoms with van der Waals surface area (Å²) < 4.78 is 0. The van der Waals surface area contributed by atoms with Gasteiger partial charge in [-0.1, -0.05) is 0 Å². The van der Waals surface area contributed by atoms with Crippen LogP contribution in [0.2, 0.25) is 0 Å². The van der Waals surface area contributed by atoms with Crippen LogP contribution in [-0.4, -0.2) is 34.8 Å². The molecule has 0 aromatic carbocycles. The molecule has 6 nitrogen and oxygen atoms in total. The van der Waals surface area contributed by atoms with E-state index in [1.165, 1.54) is 0 Å². The zero-order valence-electron chi connectivity index (χ0n) is 11.0. The Kier molecular flexibility index (Phi) is 3.98. The Hall–Kier alpha value is -1.40. The molecule has 6 heteroatoms. The molecule has 0 aliphatic carbocycles. The Balaban J connectivity index is 2.21. The molecule has 0 unspecified atom stereocenters. The van der Waals surface area contributed by atoms with Gasteiger partial charge in [-0.15, -0.1) is 0 Å². The second kappa shape index (κ2) is 5.49. The molecular weight excluding hydrogens is 230 g/mol. The van der Waals surface area contributed by atoms with Gasteiger partial charge >= 0.3 is 0 Å². The number of aliphatic hydroxyl groups excluding tert-OH is 1. The predicted molar refractivity (Wildman–Crippen MR) is 71.3 cm³/mol. The van der Waals surface area contributed by atoms with Crippen molar-refractivity contribution < 1.29 is 5.11 Å². The van der Waals surface area contributed by atoms with Gasteiger partial charge in [-0.05, 0) is 32.6 Å². The summed E-state index contributed by atoms with van der Waals surface area (Å²) >= 11 is 0. The van der Waals surface area contributed by atoms with Crippen LogP contribution in [-0.2, 0) is 0 Å². The topological polar surface area (TPSA) is 87.3 Å². The average Bonchev–Trinajstić information content (AvgIpc) is 2.41. The van der Waals surface area contributed by atoms with Gasteiger partial charge in [0.2, 0.25) is 0 Å². The van der Waals surface area contributed by atoms with E-state index in [2.05, 4.69) is 20.3 Å². The molecule has 0 atom stereocenters. The lowest BCUT2D eigenvalue weighted by molar-refractivity contribution is 0.202. The fraction of sp³-hybridized carbons (Fsp3) is 0.667. The minimum Gasteiger partial charge on any atom is -0.396 e. The maximum Gasteiger partial charge on any atom is 0.148 e. The van der Waals surface area contributed by atoms with Crippen molar-refractivity contribution in [1.82, 2.24) is 9.97 Å². The van der Waals surface area contributed by atoms with Crippen LogP contribution in [0.25, 0.3) is 0 Å². The third-order valence-corrected chi connectivity index (χ3v) is 3.54. The molecule has 18 heavy (non-hydrogen) atoms. The van der Waals surface area contributed by atoms with Gasteiger partial charge in [0.15, 0.2) is 0 Å². The number of hydrazine groups is 1. The highest BCUT2D eigenvalue weighted by Gasteiger charge is 2.22. The van der Waals surface area contributed by atoms with Crippen LogP contribution in [0, 0.1) is 19.8 Å². The summed E-state index contributed by atoms with van der Waals surface area (Å²) in [6.45, 7) is 5.97. The first-order valence-electron chi connectivity index (χ1n) is 6.33. The van der Waals surface area contributed by atoms with E-state index in [-0.39, 0.29) is 6.61 Å². The lowest BCUT2D eigenvalue weighted by atomic mass is 9.98. The lowest BCUT2D eigenvalue weighted by Gasteiger charge is -2.33. The van der Waals surface area contributed by atoms with Gasteiger partial charge in [0, 0.05) is 25.3 Å². The fourth-order valence-corrected chi connectivity index (χ4v) is 2.39.